The largest absolute Gasteiger partial charge is 0.497 e. The van der Waals surface area contributed by atoms with Crippen LogP contribution in [0, 0.1) is 0 Å². The Hall–Kier alpha value is -2.58. The molecule has 0 aromatic heterocycles. The molecule has 2 atom stereocenters. The van der Waals surface area contributed by atoms with Crippen molar-refractivity contribution in [3.8, 4) is 11.5 Å². The Labute approximate surface area is 240 Å². The molecular formula is C32H47NO6S. The molecule has 2 aromatic carbocycles. The van der Waals surface area contributed by atoms with Crippen LogP contribution < -0.4 is 14.8 Å². The molecule has 0 saturated carbocycles. The van der Waals surface area contributed by atoms with Gasteiger partial charge in [-0.3, -0.25) is 4.79 Å². The van der Waals surface area contributed by atoms with Gasteiger partial charge in [-0.25, -0.2) is 8.42 Å². The average molecular weight is 574 g/mol. The highest BCUT2D eigenvalue weighted by molar-refractivity contribution is 7.93. The number of carbonyl (C=O) groups is 1. The Bertz CT molecular complexity index is 1130. The van der Waals surface area contributed by atoms with E-state index < -0.39 is 20.6 Å². The summed E-state index contributed by atoms with van der Waals surface area (Å²) in [6.07, 6.45) is 9.56. The van der Waals surface area contributed by atoms with Crippen LogP contribution in [0.25, 0.3) is 0 Å². The number of hydrogen-bond donors (Lipinski definition) is 1. The van der Waals surface area contributed by atoms with Crippen molar-refractivity contribution in [3.63, 3.8) is 0 Å². The molecule has 1 N–H and O–H groups in total. The predicted octanol–water partition coefficient (Wildman–Crippen LogP) is 6.29. The lowest BCUT2D eigenvalue weighted by Gasteiger charge is -2.31. The first-order chi connectivity index (χ1) is 19.4. The Balaban J connectivity index is 1.84. The van der Waals surface area contributed by atoms with Crippen molar-refractivity contribution in [3.05, 3.63) is 54.1 Å². The molecule has 8 heteroatoms. The Morgan fingerprint density at radius 1 is 0.950 bits per heavy atom. The zero-order chi connectivity index (χ0) is 28.8. The fraction of sp³-hybridized carbons (Fsp3) is 0.594. The molecule has 0 aliphatic carbocycles. The summed E-state index contributed by atoms with van der Waals surface area (Å²) in [5, 5.41) is 3.59. The highest BCUT2D eigenvalue weighted by Gasteiger charge is 2.52. The van der Waals surface area contributed by atoms with Crippen molar-refractivity contribution in [2.75, 3.05) is 26.9 Å². The van der Waals surface area contributed by atoms with Gasteiger partial charge in [0.05, 0.1) is 25.2 Å². The minimum Gasteiger partial charge on any atom is -0.497 e. The molecule has 0 radical (unpaired) electrons. The smallest absolute Gasteiger partial charge is 0.328 e. The van der Waals surface area contributed by atoms with Gasteiger partial charge in [-0.05, 0) is 81.1 Å². The topological polar surface area (TPSA) is 90.9 Å². The lowest BCUT2D eigenvalue weighted by atomic mass is 9.92. The molecule has 222 valence electrons. The number of benzene rings is 2. The van der Waals surface area contributed by atoms with Gasteiger partial charge in [-0.15, -0.1) is 0 Å². The number of nitrogens with one attached hydrogen (secondary N) is 1. The second-order valence-electron chi connectivity index (χ2n) is 10.7. The molecular weight excluding hydrogens is 526 g/mol. The number of esters is 1. The molecule has 1 fully saturated rings. The molecule has 1 aliphatic heterocycles. The number of unbranched alkanes of at least 4 members (excludes halogenated alkanes) is 3. The molecule has 2 aromatic rings. The quantitative estimate of drug-likeness (QED) is 0.187. The number of methoxy groups -OCH3 is 1. The Kier molecular flexibility index (Phi) is 12.8. The molecule has 7 nitrogen and oxygen atoms in total. The van der Waals surface area contributed by atoms with E-state index in [0.717, 1.165) is 43.5 Å². The van der Waals surface area contributed by atoms with Crippen LogP contribution in [0.3, 0.4) is 0 Å². The standard InChI is InChI=1S/C32H47NO6S/c1-4-6-7-10-22-32(31(34)38-5-2,40(35,36)30-19-17-28(37-3)18-20-30)25-26-13-15-29(16-14-26)39-24-21-27-12-9-8-11-23-33-27/h13-20,27,33H,4-12,21-25H2,1-3H3. The van der Waals surface area contributed by atoms with E-state index in [2.05, 4.69) is 12.2 Å². The molecule has 0 spiro atoms. The lowest BCUT2D eigenvalue weighted by Crippen LogP contribution is -2.49. The minimum atomic E-state index is -4.10. The van der Waals surface area contributed by atoms with Gasteiger partial charge in [0.15, 0.2) is 14.6 Å². The van der Waals surface area contributed by atoms with Crippen molar-refractivity contribution in [2.45, 2.75) is 100 Å². The van der Waals surface area contributed by atoms with Crippen LogP contribution in [-0.2, 0) is 25.8 Å². The number of sulfone groups is 1. The van der Waals surface area contributed by atoms with E-state index in [4.69, 9.17) is 14.2 Å². The van der Waals surface area contributed by atoms with Gasteiger partial charge >= 0.3 is 5.97 Å². The first-order valence-electron chi connectivity index (χ1n) is 14.9. The zero-order valence-corrected chi connectivity index (χ0v) is 25.3. The summed E-state index contributed by atoms with van der Waals surface area (Å²) in [5.74, 6) is 0.590. The third-order valence-corrected chi connectivity index (χ3v) is 10.2. The highest BCUT2D eigenvalue weighted by atomic mass is 32.2. The molecule has 3 rings (SSSR count). The summed E-state index contributed by atoms with van der Waals surface area (Å²) in [7, 11) is -2.57. The molecule has 0 amide bonds. The van der Waals surface area contributed by atoms with Crippen LogP contribution in [0.4, 0.5) is 0 Å². The van der Waals surface area contributed by atoms with E-state index in [1.165, 1.54) is 44.9 Å². The number of rotatable bonds is 16. The fourth-order valence-corrected chi connectivity index (χ4v) is 7.38. The SMILES string of the molecule is CCCCCCC(Cc1ccc(OCCC2CCCCCN2)cc1)(C(=O)OCC)S(=O)(=O)c1ccc(OC)cc1. The average Bonchev–Trinajstić information content (AvgIpc) is 3.24. The van der Waals surface area contributed by atoms with Crippen LogP contribution >= 0.6 is 0 Å². The van der Waals surface area contributed by atoms with Crippen LogP contribution in [0.15, 0.2) is 53.4 Å². The fourth-order valence-electron chi connectivity index (χ4n) is 5.38. The van der Waals surface area contributed by atoms with Crippen molar-refractivity contribution in [2.24, 2.45) is 0 Å². The summed E-state index contributed by atoms with van der Waals surface area (Å²) >= 11 is 0. The molecule has 2 unspecified atom stereocenters. The summed E-state index contributed by atoms with van der Waals surface area (Å²) in [6, 6.07) is 14.2. The van der Waals surface area contributed by atoms with E-state index in [1.54, 1.807) is 19.1 Å². The summed E-state index contributed by atoms with van der Waals surface area (Å²) in [4.78, 5) is 13.7. The van der Waals surface area contributed by atoms with Gasteiger partial charge in [-0.2, -0.15) is 0 Å². The van der Waals surface area contributed by atoms with Gasteiger partial charge in [0.25, 0.3) is 0 Å². The third-order valence-electron chi connectivity index (χ3n) is 7.78. The van der Waals surface area contributed by atoms with Gasteiger partial charge in [-0.1, -0.05) is 57.6 Å². The van der Waals surface area contributed by atoms with Crippen LogP contribution in [0.1, 0.15) is 83.6 Å². The van der Waals surface area contributed by atoms with Gasteiger partial charge in [0.1, 0.15) is 11.5 Å². The first-order valence-corrected chi connectivity index (χ1v) is 16.4. The Morgan fingerprint density at radius 3 is 2.35 bits per heavy atom. The van der Waals surface area contributed by atoms with Crippen molar-refractivity contribution >= 4 is 15.8 Å². The normalized spacial score (nSPS) is 17.4. The maximum Gasteiger partial charge on any atom is 0.328 e. The number of hydrogen-bond acceptors (Lipinski definition) is 7. The summed E-state index contributed by atoms with van der Waals surface area (Å²) in [5.41, 5.74) is 0.749. The monoisotopic (exact) mass is 573 g/mol. The molecule has 40 heavy (non-hydrogen) atoms. The Morgan fingerprint density at radius 2 is 1.68 bits per heavy atom. The van der Waals surface area contributed by atoms with Crippen molar-refractivity contribution in [1.29, 1.82) is 0 Å². The molecule has 1 saturated heterocycles. The van der Waals surface area contributed by atoms with E-state index in [0.29, 0.717) is 24.8 Å². The minimum absolute atomic E-state index is 0.0264. The maximum atomic E-state index is 14.2. The predicted molar refractivity (Wildman–Crippen MR) is 159 cm³/mol. The van der Waals surface area contributed by atoms with E-state index in [1.807, 2.05) is 24.3 Å². The van der Waals surface area contributed by atoms with Gasteiger partial charge in [0.2, 0.25) is 0 Å². The summed E-state index contributed by atoms with van der Waals surface area (Å²) in [6.45, 7) is 5.60. The first kappa shape index (κ1) is 31.9. The summed E-state index contributed by atoms with van der Waals surface area (Å²) < 4.78 is 43.4. The number of ether oxygens (including phenoxy) is 3. The van der Waals surface area contributed by atoms with E-state index in [9.17, 15) is 13.2 Å². The van der Waals surface area contributed by atoms with E-state index in [-0.39, 0.29) is 24.3 Å². The van der Waals surface area contributed by atoms with Crippen LogP contribution in [-0.4, -0.2) is 52.0 Å². The van der Waals surface area contributed by atoms with E-state index >= 15 is 0 Å². The maximum absolute atomic E-state index is 14.2. The zero-order valence-electron chi connectivity index (χ0n) is 24.5. The van der Waals surface area contributed by atoms with Crippen molar-refractivity contribution < 1.29 is 27.4 Å². The van der Waals surface area contributed by atoms with Crippen molar-refractivity contribution in [1.82, 2.24) is 5.32 Å². The molecule has 0 bridgehead atoms. The second kappa shape index (κ2) is 16.0. The number of carbonyl (C=O) groups excluding carboxylic acids is 1. The second-order valence-corrected chi connectivity index (χ2v) is 12.9. The van der Waals surface area contributed by atoms with Gasteiger partial charge < -0.3 is 19.5 Å². The van der Waals surface area contributed by atoms with Crippen LogP contribution in [0.5, 0.6) is 11.5 Å². The van der Waals surface area contributed by atoms with Gasteiger partial charge in [0, 0.05) is 12.5 Å². The highest BCUT2D eigenvalue weighted by Crippen LogP contribution is 2.37. The third kappa shape index (κ3) is 8.46. The van der Waals surface area contributed by atoms with Crippen LogP contribution in [0.2, 0.25) is 0 Å². The lowest BCUT2D eigenvalue weighted by molar-refractivity contribution is -0.146. The molecule has 1 heterocycles. The molecule has 1 aliphatic rings.